The van der Waals surface area contributed by atoms with Crippen LogP contribution in [0.1, 0.15) is 58.9 Å². The molecule has 346 valence electrons. The molecule has 2 aliphatic rings. The smallest absolute Gasteiger partial charge is 0.416 e. The highest BCUT2D eigenvalue weighted by molar-refractivity contribution is 6.00. The standard InChI is InChI=1S/C47H54F3N7O8/c1-27(2)39(53-45(62)64-5)43(60)55-25-7-9-37(55)41(58)51-32-17-11-29(12-18-32)35-23-24-36(57(35)34-21-15-31(16-22-34)47(48,49)50)30-13-19-33(20-14-30)52-42(59)38-10-8-26-56(38)44(61)40(28(3)4)54-46(63)65-6/h11-24,27-28,37-40H,7-10,25-26H2,1-6H3,(H,51,58)(H,52,59)(H,53,62)(H,54,63)/t37-,38-,39-,40-/m0/s1. The number of rotatable bonds is 13. The predicted molar refractivity (Wildman–Crippen MR) is 237 cm³/mol. The van der Waals surface area contributed by atoms with Crippen molar-refractivity contribution >= 4 is 47.2 Å². The molecule has 3 aromatic carbocycles. The summed E-state index contributed by atoms with van der Waals surface area (Å²) in [6.07, 6.45) is -3.95. The second-order valence-electron chi connectivity index (χ2n) is 16.7. The van der Waals surface area contributed by atoms with Gasteiger partial charge in [-0.25, -0.2) is 9.59 Å². The molecule has 0 saturated carbocycles. The summed E-state index contributed by atoms with van der Waals surface area (Å²) < 4.78 is 52.1. The zero-order chi connectivity index (χ0) is 47.2. The Balaban J connectivity index is 1.22. The quantitative estimate of drug-likeness (QED) is 0.107. The van der Waals surface area contributed by atoms with Crippen LogP contribution in [0.3, 0.4) is 0 Å². The second-order valence-corrected chi connectivity index (χ2v) is 16.7. The number of nitrogens with one attached hydrogen (secondary N) is 4. The predicted octanol–water partition coefficient (Wildman–Crippen LogP) is 7.45. The Labute approximate surface area is 375 Å². The Kier molecular flexibility index (Phi) is 14.9. The van der Waals surface area contributed by atoms with Crippen LogP contribution < -0.4 is 21.3 Å². The lowest BCUT2D eigenvalue weighted by Crippen LogP contribution is -2.54. The fraction of sp³-hybridized carbons (Fsp3) is 0.404. The van der Waals surface area contributed by atoms with Crippen LogP contribution >= 0.6 is 0 Å². The first-order chi connectivity index (χ1) is 30.9. The molecule has 6 amide bonds. The number of likely N-dealkylation sites (tertiary alicyclic amines) is 2. The van der Waals surface area contributed by atoms with Gasteiger partial charge in [-0.1, -0.05) is 52.0 Å². The molecule has 0 spiro atoms. The summed E-state index contributed by atoms with van der Waals surface area (Å²) in [6.45, 7) is 7.85. The van der Waals surface area contributed by atoms with Gasteiger partial charge in [0.15, 0.2) is 0 Å². The van der Waals surface area contributed by atoms with Crippen molar-refractivity contribution in [3.8, 4) is 28.2 Å². The van der Waals surface area contributed by atoms with E-state index in [1.54, 1.807) is 76.2 Å². The average molecular weight is 902 g/mol. The van der Waals surface area contributed by atoms with Gasteiger partial charge in [0.05, 0.1) is 31.2 Å². The molecule has 3 heterocycles. The van der Waals surface area contributed by atoms with Crippen molar-refractivity contribution in [2.45, 2.75) is 83.7 Å². The Bertz CT molecular complexity index is 2230. The summed E-state index contributed by atoms with van der Waals surface area (Å²) in [5, 5.41) is 10.9. The number of hydrogen-bond acceptors (Lipinski definition) is 8. The first kappa shape index (κ1) is 47.6. The van der Waals surface area contributed by atoms with Crippen molar-refractivity contribution in [3.05, 3.63) is 90.5 Å². The number of ether oxygens (including phenoxy) is 2. The molecular weight excluding hydrogens is 848 g/mol. The van der Waals surface area contributed by atoms with Crippen LogP contribution in [-0.2, 0) is 34.8 Å². The number of anilines is 2. The maximum Gasteiger partial charge on any atom is 0.416 e. The van der Waals surface area contributed by atoms with Crippen LogP contribution in [0.25, 0.3) is 28.2 Å². The highest BCUT2D eigenvalue weighted by Crippen LogP contribution is 2.36. The number of alkyl carbamates (subject to hydrolysis) is 2. The van der Waals surface area contributed by atoms with Gasteiger partial charge in [-0.05, 0) is 109 Å². The van der Waals surface area contributed by atoms with Crippen LogP contribution in [0.5, 0.6) is 0 Å². The van der Waals surface area contributed by atoms with Crippen LogP contribution in [0.15, 0.2) is 84.9 Å². The molecule has 4 N–H and O–H groups in total. The molecule has 2 fully saturated rings. The van der Waals surface area contributed by atoms with E-state index in [0.717, 1.165) is 12.1 Å². The third kappa shape index (κ3) is 10.9. The highest BCUT2D eigenvalue weighted by Gasteiger charge is 2.40. The van der Waals surface area contributed by atoms with E-state index in [1.165, 1.54) is 36.2 Å². The van der Waals surface area contributed by atoms with Crippen molar-refractivity contribution in [1.29, 1.82) is 0 Å². The van der Waals surface area contributed by atoms with E-state index in [2.05, 4.69) is 21.3 Å². The van der Waals surface area contributed by atoms with Gasteiger partial charge in [0.1, 0.15) is 24.2 Å². The molecule has 65 heavy (non-hydrogen) atoms. The van der Waals surface area contributed by atoms with Crippen LogP contribution in [0.2, 0.25) is 0 Å². The van der Waals surface area contributed by atoms with Gasteiger partial charge in [-0.3, -0.25) is 19.2 Å². The molecular formula is C47H54F3N7O8. The zero-order valence-corrected chi connectivity index (χ0v) is 37.0. The second kappa shape index (κ2) is 20.3. The number of aromatic nitrogens is 1. The van der Waals surface area contributed by atoms with Gasteiger partial charge < -0.3 is 45.1 Å². The van der Waals surface area contributed by atoms with E-state index in [9.17, 15) is 41.9 Å². The van der Waals surface area contributed by atoms with Crippen LogP contribution in [0, 0.1) is 11.8 Å². The van der Waals surface area contributed by atoms with E-state index in [4.69, 9.17) is 9.47 Å². The molecule has 0 radical (unpaired) electrons. The SMILES string of the molecule is COC(=O)N[C@H](C(=O)N1CCC[C@H]1C(=O)Nc1ccc(-c2ccc(-c3ccc(NC(=O)[C@@H]4CCCN4C(=O)[C@@H](NC(=O)OC)C(C)C)cc3)n2-c2ccc(C(F)(F)F)cc2)cc1)C(C)C. The van der Waals surface area contributed by atoms with Crippen LogP contribution in [0.4, 0.5) is 34.1 Å². The first-order valence-electron chi connectivity index (χ1n) is 21.4. The van der Waals surface area contributed by atoms with Crippen LogP contribution in [-0.4, -0.2) is 102 Å². The molecule has 4 aromatic rings. The number of amides is 6. The van der Waals surface area contributed by atoms with Crippen molar-refractivity contribution in [2.75, 3.05) is 37.9 Å². The third-order valence-electron chi connectivity index (χ3n) is 11.7. The molecule has 2 aliphatic heterocycles. The van der Waals surface area contributed by atoms with Gasteiger partial charge >= 0.3 is 18.4 Å². The van der Waals surface area contributed by atoms with Gasteiger partial charge in [-0.15, -0.1) is 0 Å². The Morgan fingerprint density at radius 3 is 1.31 bits per heavy atom. The van der Waals surface area contributed by atoms with Gasteiger partial charge in [0, 0.05) is 30.2 Å². The number of alkyl halides is 3. The minimum atomic E-state index is -4.54. The summed E-state index contributed by atoms with van der Waals surface area (Å²) in [5.74, 6) is -2.06. The van der Waals surface area contributed by atoms with E-state index in [-0.39, 0.29) is 35.5 Å². The minimum Gasteiger partial charge on any atom is -0.453 e. The van der Waals surface area contributed by atoms with Crippen molar-refractivity contribution in [3.63, 3.8) is 0 Å². The number of hydrogen-bond donors (Lipinski definition) is 4. The molecule has 15 nitrogen and oxygen atoms in total. The van der Waals surface area contributed by atoms with E-state index < -0.39 is 48.1 Å². The maximum absolute atomic E-state index is 13.6. The molecule has 18 heteroatoms. The number of halogens is 3. The monoisotopic (exact) mass is 901 g/mol. The summed E-state index contributed by atoms with van der Waals surface area (Å²) in [6, 6.07) is 19.0. The van der Waals surface area contributed by atoms with E-state index in [1.807, 2.05) is 16.7 Å². The Hall–Kier alpha value is -6.85. The lowest BCUT2D eigenvalue weighted by Gasteiger charge is -2.30. The molecule has 4 atom stereocenters. The van der Waals surface area contributed by atoms with Gasteiger partial charge in [-0.2, -0.15) is 13.2 Å². The summed E-state index contributed by atoms with van der Waals surface area (Å²) in [7, 11) is 2.42. The lowest BCUT2D eigenvalue weighted by molar-refractivity contribution is -0.139. The number of nitrogens with zero attached hydrogens (tertiary/aromatic N) is 3. The first-order valence-corrected chi connectivity index (χ1v) is 21.4. The van der Waals surface area contributed by atoms with Crippen molar-refractivity contribution in [2.24, 2.45) is 11.8 Å². The summed E-state index contributed by atoms with van der Waals surface area (Å²) >= 11 is 0. The Morgan fingerprint density at radius 1 is 0.585 bits per heavy atom. The summed E-state index contributed by atoms with van der Waals surface area (Å²) in [4.78, 5) is 81.1. The van der Waals surface area contributed by atoms with Gasteiger partial charge in [0.25, 0.3) is 0 Å². The molecule has 0 unspecified atom stereocenters. The number of methoxy groups -OCH3 is 2. The molecule has 6 rings (SSSR count). The minimum absolute atomic E-state index is 0.260. The van der Waals surface area contributed by atoms with E-state index >= 15 is 0 Å². The zero-order valence-electron chi connectivity index (χ0n) is 37.0. The maximum atomic E-state index is 13.6. The normalized spacial score (nSPS) is 17.1. The third-order valence-corrected chi connectivity index (χ3v) is 11.7. The van der Waals surface area contributed by atoms with E-state index in [0.29, 0.717) is 78.3 Å². The summed E-state index contributed by atoms with van der Waals surface area (Å²) in [5.41, 5.74) is 3.19. The molecule has 0 bridgehead atoms. The molecule has 1 aromatic heterocycles. The molecule has 2 saturated heterocycles. The fourth-order valence-corrected chi connectivity index (χ4v) is 8.23. The average Bonchev–Trinajstić information content (AvgIpc) is 4.08. The number of carbonyl (C=O) groups is 6. The van der Waals surface area contributed by atoms with Crippen molar-refractivity contribution in [1.82, 2.24) is 25.0 Å². The molecule has 0 aliphatic carbocycles. The number of benzene rings is 3. The van der Waals surface area contributed by atoms with Gasteiger partial charge in [0.2, 0.25) is 23.6 Å². The fourth-order valence-electron chi connectivity index (χ4n) is 8.23. The lowest BCUT2D eigenvalue weighted by atomic mass is 10.0. The topological polar surface area (TPSA) is 180 Å². The largest absolute Gasteiger partial charge is 0.453 e. The number of carbonyl (C=O) groups excluding carboxylic acids is 6. The highest BCUT2D eigenvalue weighted by atomic mass is 19.4. The Morgan fingerprint density at radius 2 is 0.969 bits per heavy atom. The van der Waals surface area contributed by atoms with Crippen molar-refractivity contribution < 1.29 is 51.4 Å².